The fourth-order valence-corrected chi connectivity index (χ4v) is 8.55. The van der Waals surface area contributed by atoms with E-state index in [-0.39, 0.29) is 25.5 Å². The molecule has 0 aliphatic carbocycles. The lowest BCUT2D eigenvalue weighted by molar-refractivity contribution is -0.245. The van der Waals surface area contributed by atoms with Gasteiger partial charge in [-0.1, -0.05) is 205 Å². The highest BCUT2D eigenvalue weighted by Crippen LogP contribution is 2.31. The van der Waals surface area contributed by atoms with Crippen LogP contribution in [0.1, 0.15) is 220 Å². The number of nitrogens with zero attached hydrogens (tertiary/aromatic N) is 1. The molecule has 2 rings (SSSR count). The van der Waals surface area contributed by atoms with E-state index in [4.69, 9.17) is 23.7 Å². The molecule has 1 heterocycles. The lowest BCUT2D eigenvalue weighted by atomic mass is 9.94. The zero-order chi connectivity index (χ0) is 46.6. The highest BCUT2D eigenvalue weighted by molar-refractivity contribution is 5.77. The second-order valence-corrected chi connectivity index (χ2v) is 17.9. The summed E-state index contributed by atoms with van der Waals surface area (Å²) in [4.78, 5) is 66.9. The van der Waals surface area contributed by atoms with Crippen molar-refractivity contribution in [3.8, 4) is 0 Å². The minimum atomic E-state index is -1.31. The molecule has 0 saturated carbocycles. The van der Waals surface area contributed by atoms with Crippen molar-refractivity contribution in [1.82, 2.24) is 10.2 Å². The number of carbonyl (C=O) groups excluding carboxylic acids is 5. The van der Waals surface area contributed by atoms with Crippen LogP contribution in [0.5, 0.6) is 0 Å². The minimum Gasteiger partial charge on any atom is -0.463 e. The first-order valence-electron chi connectivity index (χ1n) is 25.5. The average molecular weight is 901 g/mol. The van der Waals surface area contributed by atoms with Crippen LogP contribution in [0.2, 0.25) is 0 Å². The molecule has 0 unspecified atom stereocenters. The summed E-state index contributed by atoms with van der Waals surface area (Å²) in [5.74, 6) is -2.15. The van der Waals surface area contributed by atoms with Gasteiger partial charge in [0.25, 0.3) is 0 Å². The molecule has 64 heavy (non-hydrogen) atoms. The van der Waals surface area contributed by atoms with Gasteiger partial charge in [-0.15, -0.1) is 0 Å². The number of hydrogen-bond acceptors (Lipinski definition) is 10. The maximum Gasteiger partial charge on any atom is 0.407 e. The quantitative estimate of drug-likeness (QED) is 0.0389. The lowest BCUT2D eigenvalue weighted by Crippen LogP contribution is -2.70. The van der Waals surface area contributed by atoms with E-state index in [9.17, 15) is 24.0 Å². The minimum absolute atomic E-state index is 0.0354. The Hall–Kier alpha value is -3.67. The number of hydrogen-bond donors (Lipinski definition) is 1. The van der Waals surface area contributed by atoms with E-state index >= 15 is 0 Å². The van der Waals surface area contributed by atoms with Crippen LogP contribution >= 0.6 is 0 Å². The van der Waals surface area contributed by atoms with Crippen LogP contribution in [0.3, 0.4) is 0 Å². The van der Waals surface area contributed by atoms with Crippen LogP contribution < -0.4 is 5.32 Å². The van der Waals surface area contributed by atoms with Gasteiger partial charge >= 0.3 is 24.0 Å². The Morgan fingerprint density at radius 1 is 0.547 bits per heavy atom. The third kappa shape index (κ3) is 26.3. The Balaban J connectivity index is 2.20. The van der Waals surface area contributed by atoms with Gasteiger partial charge in [0.15, 0.2) is 18.4 Å². The number of ether oxygens (including phenoxy) is 5. The molecule has 1 saturated heterocycles. The summed E-state index contributed by atoms with van der Waals surface area (Å²) in [7, 11) is 0. The van der Waals surface area contributed by atoms with Crippen molar-refractivity contribution in [2.75, 3.05) is 13.2 Å². The van der Waals surface area contributed by atoms with Gasteiger partial charge < -0.3 is 33.9 Å². The highest BCUT2D eigenvalue weighted by atomic mass is 16.6. The molecule has 366 valence electrons. The number of benzene rings is 1. The summed E-state index contributed by atoms with van der Waals surface area (Å²) in [5.41, 5.74) is 0.761. The van der Waals surface area contributed by atoms with E-state index in [1.165, 1.54) is 143 Å². The van der Waals surface area contributed by atoms with Crippen LogP contribution in [0.4, 0.5) is 4.79 Å². The maximum atomic E-state index is 14.4. The number of esters is 3. The van der Waals surface area contributed by atoms with Crippen molar-refractivity contribution in [3.63, 3.8) is 0 Å². The van der Waals surface area contributed by atoms with Crippen molar-refractivity contribution in [1.29, 1.82) is 0 Å². The maximum absolute atomic E-state index is 14.4. The van der Waals surface area contributed by atoms with Crippen LogP contribution in [0.25, 0.3) is 0 Å². The normalized spacial score (nSPS) is 18.2. The zero-order valence-electron chi connectivity index (χ0n) is 40.7. The summed E-state index contributed by atoms with van der Waals surface area (Å²) in [6.07, 6.45) is 26.6. The zero-order valence-corrected chi connectivity index (χ0v) is 40.7. The summed E-state index contributed by atoms with van der Waals surface area (Å²) in [5, 5.41) is 2.83. The third-order valence-corrected chi connectivity index (χ3v) is 12.1. The molecule has 0 spiro atoms. The fourth-order valence-electron chi connectivity index (χ4n) is 8.55. The molecule has 0 aromatic heterocycles. The smallest absolute Gasteiger partial charge is 0.407 e. The van der Waals surface area contributed by atoms with E-state index in [0.29, 0.717) is 19.4 Å². The molecule has 1 aromatic rings. The molecule has 12 heteroatoms. The second kappa shape index (κ2) is 36.5. The van der Waals surface area contributed by atoms with Gasteiger partial charge in [-0.3, -0.25) is 19.2 Å². The molecule has 1 aromatic carbocycles. The fraction of sp³-hybridized carbons (Fsp3) is 0.788. The van der Waals surface area contributed by atoms with Gasteiger partial charge in [-0.25, -0.2) is 4.79 Å². The van der Waals surface area contributed by atoms with Gasteiger partial charge in [0, 0.05) is 33.7 Å². The second-order valence-electron chi connectivity index (χ2n) is 17.9. The monoisotopic (exact) mass is 901 g/mol. The lowest BCUT2D eigenvalue weighted by Gasteiger charge is -2.48. The van der Waals surface area contributed by atoms with Gasteiger partial charge in [0.1, 0.15) is 25.4 Å². The standard InChI is InChI=1S/C52H88N2O10/c1-6-8-10-12-14-16-18-19-20-21-22-24-26-28-30-35-39-54(47(58)38-34-29-27-25-23-17-15-13-11-9-7-2)51-48(53-52(59)61-40-45-36-32-31-33-37-45)50(63-44(5)57)49(62-43(4)56)46(64-51)41-60-42(3)55/h31-33,36-37,46,48-51H,6-30,34-35,38-41H2,1-5H3,(H,53,59)/t46-,48-,49-,50-,51-/m1/s1. The molecular weight excluding hydrogens is 813 g/mol. The van der Waals surface area contributed by atoms with Gasteiger partial charge in [0.2, 0.25) is 5.91 Å². The third-order valence-electron chi connectivity index (χ3n) is 12.1. The van der Waals surface area contributed by atoms with E-state index in [1.54, 1.807) is 4.90 Å². The molecular formula is C52H88N2O10. The Kier molecular flexibility index (Phi) is 32.2. The molecule has 1 fully saturated rings. The molecule has 1 aliphatic rings. The first kappa shape index (κ1) is 56.5. The Bertz CT molecular complexity index is 1390. The van der Waals surface area contributed by atoms with Crippen molar-refractivity contribution < 1.29 is 47.7 Å². The molecule has 1 N–H and O–H groups in total. The Labute approximate surface area is 387 Å². The first-order valence-corrected chi connectivity index (χ1v) is 25.5. The predicted molar refractivity (Wildman–Crippen MR) is 252 cm³/mol. The topological polar surface area (TPSA) is 147 Å². The van der Waals surface area contributed by atoms with Crippen molar-refractivity contribution >= 4 is 29.9 Å². The number of unbranched alkanes of at least 4 members (excludes halogenated alkanes) is 25. The van der Waals surface area contributed by atoms with E-state index in [0.717, 1.165) is 44.1 Å². The molecule has 5 atom stereocenters. The molecule has 0 bridgehead atoms. The Morgan fingerprint density at radius 2 is 0.984 bits per heavy atom. The van der Waals surface area contributed by atoms with Crippen molar-refractivity contribution in [2.45, 2.75) is 252 Å². The predicted octanol–water partition coefficient (Wildman–Crippen LogP) is 12.2. The summed E-state index contributed by atoms with van der Waals surface area (Å²) in [6, 6.07) is 7.98. The molecule has 1 aliphatic heterocycles. The van der Waals surface area contributed by atoms with E-state index < -0.39 is 54.6 Å². The average Bonchev–Trinajstić information content (AvgIpc) is 3.26. The van der Waals surface area contributed by atoms with Crippen LogP contribution in [0.15, 0.2) is 30.3 Å². The van der Waals surface area contributed by atoms with E-state index in [1.807, 2.05) is 30.3 Å². The Morgan fingerprint density at radius 3 is 1.44 bits per heavy atom. The van der Waals surface area contributed by atoms with Crippen molar-refractivity contribution in [3.05, 3.63) is 35.9 Å². The molecule has 0 radical (unpaired) electrons. The SMILES string of the molecule is CCCCCCCCCCCCCCCCCCN(C(=O)CCCCCCCCCCCCC)[C@@H]1O[C@H](COC(C)=O)[C@@H](OC(C)=O)[C@H](OC(C)=O)[C@H]1NC(=O)OCc1ccccc1. The summed E-state index contributed by atoms with van der Waals surface area (Å²) >= 11 is 0. The van der Waals surface area contributed by atoms with Crippen LogP contribution in [-0.4, -0.2) is 78.5 Å². The van der Waals surface area contributed by atoms with Gasteiger partial charge in [-0.05, 0) is 18.4 Å². The summed E-state index contributed by atoms with van der Waals surface area (Å²) < 4.78 is 29.1. The van der Waals surface area contributed by atoms with Crippen molar-refractivity contribution in [2.24, 2.45) is 0 Å². The highest BCUT2D eigenvalue weighted by Gasteiger charge is 2.53. The van der Waals surface area contributed by atoms with Crippen LogP contribution in [0, 0.1) is 0 Å². The van der Waals surface area contributed by atoms with Gasteiger partial charge in [0.05, 0.1) is 0 Å². The van der Waals surface area contributed by atoms with E-state index in [2.05, 4.69) is 19.2 Å². The molecule has 2 amide bonds. The van der Waals surface area contributed by atoms with Gasteiger partial charge in [-0.2, -0.15) is 0 Å². The number of nitrogens with one attached hydrogen (secondary N) is 1. The number of amides is 2. The number of alkyl carbamates (subject to hydrolysis) is 1. The largest absolute Gasteiger partial charge is 0.463 e. The number of carbonyl (C=O) groups is 5. The number of rotatable bonds is 37. The van der Waals surface area contributed by atoms with Crippen LogP contribution in [-0.2, 0) is 49.5 Å². The molecule has 12 nitrogen and oxygen atoms in total. The first-order chi connectivity index (χ1) is 31.1. The summed E-state index contributed by atoms with van der Waals surface area (Å²) in [6.45, 7) is 8.11.